The van der Waals surface area contributed by atoms with Crippen molar-refractivity contribution in [2.75, 3.05) is 4.93 Å². The van der Waals surface area contributed by atoms with E-state index in [0.29, 0.717) is 0 Å². The first-order chi connectivity index (χ1) is 3.64. The average Bonchev–Trinajstić information content (AvgIpc) is 1.72. The molecule has 0 aromatic carbocycles. The molecule has 0 heterocycles. The van der Waals surface area contributed by atoms with Crippen LogP contribution in [0.2, 0.25) is 0 Å². The third-order valence-electron chi connectivity index (χ3n) is 0.365. The van der Waals surface area contributed by atoms with Gasteiger partial charge in [0.15, 0.2) is 0 Å². The van der Waals surface area contributed by atoms with Gasteiger partial charge in [-0.15, -0.1) is 0 Å². The highest BCUT2D eigenvalue weighted by molar-refractivity contribution is 14.1. The normalized spacial score (nSPS) is 6.38. The van der Waals surface area contributed by atoms with Gasteiger partial charge in [-0.3, -0.25) is 0 Å². The summed E-state index contributed by atoms with van der Waals surface area (Å²) in [7, 11) is 0. The topological polar surface area (TPSA) is 37.3 Å². The maximum Gasteiger partial charge on any atom is 0.330 e. The molecular weight excluding hydrogens is 219 g/mol. The van der Waals surface area contributed by atoms with Crippen LogP contribution in [0.25, 0.3) is 0 Å². The minimum Gasteiger partial charge on any atom is -0.478 e. The fourth-order valence-corrected chi connectivity index (χ4v) is 0. The molecule has 0 atom stereocenters. The summed E-state index contributed by atoms with van der Waals surface area (Å²) < 4.78 is 0. The van der Waals surface area contributed by atoms with Crippen LogP contribution in [0.5, 0.6) is 0 Å². The van der Waals surface area contributed by atoms with Crippen LogP contribution in [0.1, 0.15) is 6.92 Å². The van der Waals surface area contributed by atoms with Gasteiger partial charge < -0.3 is 5.11 Å². The smallest absolute Gasteiger partial charge is 0.330 e. The molecule has 0 spiro atoms. The highest BCUT2D eigenvalue weighted by Gasteiger charge is 1.90. The number of aliphatic carboxylic acids is 1. The molecule has 3 heteroatoms. The van der Waals surface area contributed by atoms with Gasteiger partial charge >= 0.3 is 5.97 Å². The van der Waals surface area contributed by atoms with E-state index in [2.05, 4.69) is 29.2 Å². The monoisotopic (exact) mass is 228 g/mol. The number of carbonyl (C=O) groups is 1. The van der Waals surface area contributed by atoms with Crippen LogP contribution in [0.3, 0.4) is 0 Å². The Bertz CT molecular complexity index is 76.4. The number of carboxylic acid groups (broad SMARTS) is 1. The summed E-state index contributed by atoms with van der Waals surface area (Å²) in [6.07, 6.45) is 0. The maximum atomic E-state index is 9.60. The van der Waals surface area contributed by atoms with Gasteiger partial charge in [0.05, 0.1) is 0 Å². The molecular formula is C5H9IO2. The Labute approximate surface area is 62.7 Å². The first-order valence-electron chi connectivity index (χ1n) is 1.91. The van der Waals surface area contributed by atoms with E-state index >= 15 is 0 Å². The molecule has 2 nitrogen and oxygen atoms in total. The molecule has 0 aromatic rings. The van der Waals surface area contributed by atoms with Crippen LogP contribution in [0.4, 0.5) is 0 Å². The van der Waals surface area contributed by atoms with E-state index in [4.69, 9.17) is 5.11 Å². The zero-order valence-corrected chi connectivity index (χ0v) is 7.10. The Balaban J connectivity index is 0. The minimum absolute atomic E-state index is 0.176. The lowest BCUT2D eigenvalue weighted by atomic mass is 10.4. The Morgan fingerprint density at radius 1 is 1.62 bits per heavy atom. The van der Waals surface area contributed by atoms with Crippen molar-refractivity contribution in [2.24, 2.45) is 0 Å². The largest absolute Gasteiger partial charge is 0.478 e. The third kappa shape index (κ3) is 9.34. The molecule has 0 saturated heterocycles. The van der Waals surface area contributed by atoms with Gasteiger partial charge in [0.25, 0.3) is 0 Å². The van der Waals surface area contributed by atoms with Crippen molar-refractivity contribution in [3.05, 3.63) is 12.2 Å². The Morgan fingerprint density at radius 3 is 1.75 bits per heavy atom. The van der Waals surface area contributed by atoms with Crippen molar-refractivity contribution in [3.63, 3.8) is 0 Å². The highest BCUT2D eigenvalue weighted by atomic mass is 127. The summed E-state index contributed by atoms with van der Waals surface area (Å²) in [5.41, 5.74) is 0.176. The van der Waals surface area contributed by atoms with E-state index in [1.54, 1.807) is 0 Å². The second kappa shape index (κ2) is 6.94. The second-order valence-corrected chi connectivity index (χ2v) is 1.09. The molecule has 0 radical (unpaired) electrons. The zero-order valence-electron chi connectivity index (χ0n) is 4.94. The lowest BCUT2D eigenvalue weighted by Crippen LogP contribution is -1.92. The molecule has 0 aliphatic heterocycles. The van der Waals surface area contributed by atoms with E-state index in [0.717, 1.165) is 0 Å². The summed E-state index contributed by atoms with van der Waals surface area (Å²) in [6.45, 7) is 4.60. The van der Waals surface area contributed by atoms with Crippen molar-refractivity contribution in [2.45, 2.75) is 6.92 Å². The van der Waals surface area contributed by atoms with Crippen molar-refractivity contribution >= 4 is 28.6 Å². The quantitative estimate of drug-likeness (QED) is 0.421. The van der Waals surface area contributed by atoms with E-state index in [1.165, 1.54) is 6.92 Å². The zero-order chi connectivity index (χ0) is 7.15. The Morgan fingerprint density at radius 2 is 1.75 bits per heavy atom. The fraction of sp³-hybridized carbons (Fsp3) is 0.400. The average molecular weight is 228 g/mol. The van der Waals surface area contributed by atoms with Gasteiger partial charge in [-0.2, -0.15) is 0 Å². The van der Waals surface area contributed by atoms with Crippen LogP contribution in [-0.4, -0.2) is 16.0 Å². The Kier molecular flexibility index (Phi) is 9.40. The molecule has 0 aliphatic carbocycles. The molecule has 0 unspecified atom stereocenters. The summed E-state index contributed by atoms with van der Waals surface area (Å²) in [6, 6.07) is 0. The van der Waals surface area contributed by atoms with Crippen LogP contribution >= 0.6 is 22.6 Å². The van der Waals surface area contributed by atoms with Gasteiger partial charge in [0.2, 0.25) is 0 Å². The van der Waals surface area contributed by atoms with Crippen LogP contribution in [-0.2, 0) is 4.79 Å². The summed E-state index contributed by atoms with van der Waals surface area (Å²) >= 11 is 2.15. The predicted molar refractivity (Wildman–Crippen MR) is 42.4 cm³/mol. The molecule has 1 N–H and O–H groups in total. The van der Waals surface area contributed by atoms with Gasteiger partial charge in [-0.1, -0.05) is 29.2 Å². The molecule has 0 aromatic heterocycles. The molecule has 0 saturated carbocycles. The maximum absolute atomic E-state index is 9.60. The molecule has 0 aliphatic rings. The summed E-state index contributed by atoms with van der Waals surface area (Å²) in [5.74, 6) is -0.935. The van der Waals surface area contributed by atoms with Gasteiger partial charge in [-0.25, -0.2) is 4.79 Å². The Hall–Kier alpha value is -0.0600. The lowest BCUT2D eigenvalue weighted by Gasteiger charge is -1.79. The van der Waals surface area contributed by atoms with E-state index < -0.39 is 5.97 Å². The summed E-state index contributed by atoms with van der Waals surface area (Å²) in [4.78, 5) is 11.6. The van der Waals surface area contributed by atoms with Crippen molar-refractivity contribution in [1.82, 2.24) is 0 Å². The number of hydrogen-bond acceptors (Lipinski definition) is 1. The van der Waals surface area contributed by atoms with Gasteiger partial charge in [0, 0.05) is 5.57 Å². The lowest BCUT2D eigenvalue weighted by molar-refractivity contribution is -0.132. The fourth-order valence-electron chi connectivity index (χ4n) is 0. The first kappa shape index (κ1) is 10.8. The molecule has 8 heavy (non-hydrogen) atoms. The number of hydrogen-bond donors (Lipinski definition) is 1. The van der Waals surface area contributed by atoms with Crippen LogP contribution < -0.4 is 0 Å². The molecule has 0 amide bonds. The number of carboxylic acids is 1. The SMILES string of the molecule is C=C(C)C(=O)O.CI. The standard InChI is InChI=1S/C4H6O2.CH3I/c1-3(2)4(5)6;1-2/h1H2,2H3,(H,5,6);1H3. The summed E-state index contributed by atoms with van der Waals surface area (Å²) in [5, 5.41) is 7.89. The number of rotatable bonds is 1. The molecule has 0 fully saturated rings. The molecule has 48 valence electrons. The second-order valence-electron chi connectivity index (χ2n) is 1.09. The number of halogens is 1. The molecule has 0 bridgehead atoms. The third-order valence-corrected chi connectivity index (χ3v) is 0.365. The predicted octanol–water partition coefficient (Wildman–Crippen LogP) is 1.70. The van der Waals surface area contributed by atoms with E-state index in [-0.39, 0.29) is 5.57 Å². The van der Waals surface area contributed by atoms with E-state index in [9.17, 15) is 4.79 Å². The van der Waals surface area contributed by atoms with Crippen molar-refractivity contribution in [1.29, 1.82) is 0 Å². The van der Waals surface area contributed by atoms with Crippen LogP contribution in [0, 0.1) is 0 Å². The molecule has 0 rings (SSSR count). The van der Waals surface area contributed by atoms with Crippen molar-refractivity contribution in [3.8, 4) is 0 Å². The van der Waals surface area contributed by atoms with Crippen LogP contribution in [0.15, 0.2) is 12.2 Å². The first-order valence-corrected chi connectivity index (χ1v) is 4.07. The van der Waals surface area contributed by atoms with Crippen molar-refractivity contribution < 1.29 is 9.90 Å². The van der Waals surface area contributed by atoms with E-state index in [1.807, 2.05) is 4.93 Å². The van der Waals surface area contributed by atoms with Gasteiger partial charge in [0.1, 0.15) is 0 Å². The highest BCUT2D eigenvalue weighted by Crippen LogP contribution is 1.81. The van der Waals surface area contributed by atoms with Gasteiger partial charge in [-0.05, 0) is 11.9 Å². The minimum atomic E-state index is -0.935. The number of alkyl halides is 1.